The zero-order valence-corrected chi connectivity index (χ0v) is 10.8. The molecule has 0 saturated carbocycles. The van der Waals surface area contributed by atoms with Crippen LogP contribution in [0.3, 0.4) is 0 Å². The van der Waals surface area contributed by atoms with E-state index in [-0.39, 0.29) is 0 Å². The molecule has 2 heterocycles. The Kier molecular flexibility index (Phi) is 3.31. The maximum absolute atomic E-state index is 4.23. The van der Waals surface area contributed by atoms with Crippen LogP contribution in [0.15, 0.2) is 36.7 Å². The molecule has 3 rings (SSSR count). The number of unbranched alkanes of at least 4 members (excludes halogenated alkanes) is 1. The van der Waals surface area contributed by atoms with Gasteiger partial charge in [-0.15, -0.1) is 5.10 Å². The molecule has 0 bridgehead atoms. The summed E-state index contributed by atoms with van der Waals surface area (Å²) in [6.07, 6.45) is 6.86. The van der Waals surface area contributed by atoms with Gasteiger partial charge in [-0.25, -0.2) is 0 Å². The first-order chi connectivity index (χ1) is 9.36. The summed E-state index contributed by atoms with van der Waals surface area (Å²) in [4.78, 5) is 3.29. The monoisotopic (exact) mass is 253 g/mol. The van der Waals surface area contributed by atoms with Crippen LogP contribution in [0.4, 0.5) is 0 Å². The van der Waals surface area contributed by atoms with Crippen molar-refractivity contribution in [3.05, 3.63) is 54.8 Å². The first kappa shape index (κ1) is 12.0. The SMILES string of the molecule is [CH2]CCCn1cc(Cc2c[nH]c3ccccc23)nn1. The Bertz CT molecular complexity index is 665. The number of nitrogens with zero attached hydrogens (tertiary/aromatic N) is 3. The summed E-state index contributed by atoms with van der Waals surface area (Å²) >= 11 is 0. The van der Waals surface area contributed by atoms with Crippen LogP contribution < -0.4 is 0 Å². The molecule has 0 aliphatic heterocycles. The number of hydrogen-bond acceptors (Lipinski definition) is 2. The lowest BCUT2D eigenvalue weighted by Gasteiger charge is -1.96. The first-order valence-corrected chi connectivity index (χ1v) is 6.60. The molecular formula is C15H17N4. The summed E-state index contributed by atoms with van der Waals surface area (Å²) in [6, 6.07) is 8.32. The second-order valence-corrected chi connectivity index (χ2v) is 4.72. The van der Waals surface area contributed by atoms with Gasteiger partial charge in [-0.05, 0) is 18.1 Å². The molecule has 0 saturated heterocycles. The topological polar surface area (TPSA) is 46.5 Å². The lowest BCUT2D eigenvalue weighted by molar-refractivity contribution is 0.562. The smallest absolute Gasteiger partial charge is 0.0871 e. The van der Waals surface area contributed by atoms with Crippen LogP contribution in [0, 0.1) is 6.92 Å². The molecule has 0 fully saturated rings. The largest absolute Gasteiger partial charge is 0.361 e. The summed E-state index contributed by atoms with van der Waals surface area (Å²) in [5.74, 6) is 0. The maximum atomic E-state index is 4.23. The molecule has 0 unspecified atom stereocenters. The Hall–Kier alpha value is -2.10. The maximum Gasteiger partial charge on any atom is 0.0871 e. The lowest BCUT2D eigenvalue weighted by Crippen LogP contribution is -1.97. The molecule has 0 amide bonds. The predicted molar refractivity (Wildman–Crippen MR) is 75.7 cm³/mol. The number of rotatable bonds is 5. The van der Waals surface area contributed by atoms with E-state index >= 15 is 0 Å². The van der Waals surface area contributed by atoms with Gasteiger partial charge in [-0.3, -0.25) is 4.68 Å². The Morgan fingerprint density at radius 2 is 2.16 bits per heavy atom. The van der Waals surface area contributed by atoms with E-state index in [1.54, 1.807) is 0 Å². The molecule has 1 radical (unpaired) electrons. The molecule has 2 aromatic heterocycles. The van der Waals surface area contributed by atoms with Gasteiger partial charge in [-0.1, -0.05) is 36.8 Å². The Labute approximate surface area is 112 Å². The Morgan fingerprint density at radius 3 is 3.05 bits per heavy atom. The standard InChI is InChI=1S/C15H17N4/c1-2-3-8-19-11-13(17-18-19)9-12-10-16-15-7-5-4-6-14(12)15/h4-7,10-11,16H,1-3,8-9H2. The fourth-order valence-corrected chi connectivity index (χ4v) is 2.28. The van der Waals surface area contributed by atoms with Crippen LogP contribution in [0.25, 0.3) is 10.9 Å². The highest BCUT2D eigenvalue weighted by Crippen LogP contribution is 2.19. The molecule has 0 atom stereocenters. The molecule has 3 aromatic rings. The number of hydrogen-bond donors (Lipinski definition) is 1. The van der Waals surface area contributed by atoms with Gasteiger partial charge in [0.1, 0.15) is 0 Å². The van der Waals surface area contributed by atoms with Crippen molar-refractivity contribution < 1.29 is 0 Å². The third-order valence-corrected chi connectivity index (χ3v) is 3.27. The lowest BCUT2D eigenvalue weighted by atomic mass is 10.1. The van der Waals surface area contributed by atoms with E-state index in [1.807, 2.05) is 16.9 Å². The number of benzene rings is 1. The van der Waals surface area contributed by atoms with Gasteiger partial charge in [0.15, 0.2) is 0 Å². The molecule has 19 heavy (non-hydrogen) atoms. The van der Waals surface area contributed by atoms with Crippen LogP contribution in [0.1, 0.15) is 24.1 Å². The van der Waals surface area contributed by atoms with Crippen molar-refractivity contribution in [1.82, 2.24) is 20.0 Å². The molecule has 1 aromatic carbocycles. The highest BCUT2D eigenvalue weighted by molar-refractivity contribution is 5.83. The van der Waals surface area contributed by atoms with Gasteiger partial charge in [0.25, 0.3) is 0 Å². The third kappa shape index (κ3) is 2.52. The molecule has 4 nitrogen and oxygen atoms in total. The van der Waals surface area contributed by atoms with Crippen molar-refractivity contribution in [2.75, 3.05) is 0 Å². The van der Waals surface area contributed by atoms with Crippen LogP contribution in [0.2, 0.25) is 0 Å². The van der Waals surface area contributed by atoms with Crippen molar-refractivity contribution in [2.45, 2.75) is 25.8 Å². The van der Waals surface area contributed by atoms with Crippen molar-refractivity contribution in [3.8, 4) is 0 Å². The number of H-pyrrole nitrogens is 1. The van der Waals surface area contributed by atoms with E-state index in [0.717, 1.165) is 31.5 Å². The number of fused-ring (bicyclic) bond motifs is 1. The number of aromatic nitrogens is 4. The third-order valence-electron chi connectivity index (χ3n) is 3.27. The predicted octanol–water partition coefficient (Wildman–Crippen LogP) is 2.96. The van der Waals surface area contributed by atoms with Crippen LogP contribution in [-0.4, -0.2) is 20.0 Å². The zero-order chi connectivity index (χ0) is 13.1. The molecule has 4 heteroatoms. The summed E-state index contributed by atoms with van der Waals surface area (Å²) in [5, 5.41) is 9.63. The van der Waals surface area contributed by atoms with Crippen molar-refractivity contribution in [2.24, 2.45) is 0 Å². The number of para-hydroxylation sites is 1. The molecule has 0 aliphatic rings. The van der Waals surface area contributed by atoms with E-state index in [2.05, 4.69) is 46.6 Å². The van der Waals surface area contributed by atoms with E-state index in [1.165, 1.54) is 16.5 Å². The van der Waals surface area contributed by atoms with Crippen molar-refractivity contribution in [3.63, 3.8) is 0 Å². The highest BCUT2D eigenvalue weighted by atomic mass is 15.4. The fourth-order valence-electron chi connectivity index (χ4n) is 2.28. The highest BCUT2D eigenvalue weighted by Gasteiger charge is 2.06. The van der Waals surface area contributed by atoms with E-state index in [9.17, 15) is 0 Å². The van der Waals surface area contributed by atoms with Crippen LogP contribution >= 0.6 is 0 Å². The summed E-state index contributed by atoms with van der Waals surface area (Å²) < 4.78 is 1.90. The van der Waals surface area contributed by atoms with Crippen molar-refractivity contribution >= 4 is 10.9 Å². The van der Waals surface area contributed by atoms with E-state index < -0.39 is 0 Å². The van der Waals surface area contributed by atoms with Gasteiger partial charge >= 0.3 is 0 Å². The normalized spacial score (nSPS) is 11.2. The molecule has 0 spiro atoms. The average Bonchev–Trinajstić information content (AvgIpc) is 3.05. The minimum atomic E-state index is 0.814. The molecule has 1 N–H and O–H groups in total. The molecule has 97 valence electrons. The number of nitrogens with one attached hydrogen (secondary N) is 1. The zero-order valence-electron chi connectivity index (χ0n) is 10.8. The van der Waals surface area contributed by atoms with E-state index in [4.69, 9.17) is 0 Å². The fraction of sp³-hybridized carbons (Fsp3) is 0.267. The second-order valence-electron chi connectivity index (χ2n) is 4.72. The van der Waals surface area contributed by atoms with Crippen molar-refractivity contribution in [1.29, 1.82) is 0 Å². The quantitative estimate of drug-likeness (QED) is 0.760. The second kappa shape index (κ2) is 5.26. The number of aromatic amines is 1. The number of aryl methyl sites for hydroxylation is 1. The van der Waals surface area contributed by atoms with Gasteiger partial charge in [0.2, 0.25) is 0 Å². The van der Waals surface area contributed by atoms with Gasteiger partial charge < -0.3 is 4.98 Å². The first-order valence-electron chi connectivity index (χ1n) is 6.60. The van der Waals surface area contributed by atoms with Crippen LogP contribution in [0.5, 0.6) is 0 Å². The van der Waals surface area contributed by atoms with Crippen LogP contribution in [-0.2, 0) is 13.0 Å². The average molecular weight is 253 g/mol. The minimum absolute atomic E-state index is 0.814. The van der Waals surface area contributed by atoms with Gasteiger partial charge in [0, 0.05) is 36.3 Å². The van der Waals surface area contributed by atoms with E-state index in [0.29, 0.717) is 0 Å². The Morgan fingerprint density at radius 1 is 1.26 bits per heavy atom. The van der Waals surface area contributed by atoms with Gasteiger partial charge in [-0.2, -0.15) is 0 Å². The summed E-state index contributed by atoms with van der Waals surface area (Å²) in [5.41, 5.74) is 3.44. The minimum Gasteiger partial charge on any atom is -0.361 e. The molecular weight excluding hydrogens is 236 g/mol. The van der Waals surface area contributed by atoms with Gasteiger partial charge in [0.05, 0.1) is 5.69 Å². The summed E-state index contributed by atoms with van der Waals surface area (Å²) in [6.45, 7) is 4.73. The Balaban J connectivity index is 1.79. The summed E-state index contributed by atoms with van der Waals surface area (Å²) in [7, 11) is 0. The molecule has 0 aliphatic carbocycles.